The maximum atomic E-state index is 12.9. The van der Waals surface area contributed by atoms with E-state index in [1.807, 2.05) is 52.8 Å². The monoisotopic (exact) mass is 486 g/mol. The standard InChI is InChI=1S/C26H38N4O5/c1-16(2)33-15-21-22(34-17(3)4)18(5)25(35-21)30-14-20(23(27)29-26(30)32)24(31)28-13-9-12-19-10-7-6-8-11-19/h6-8,10-11,14,16-18,21-22,25H,9,12-13,15H2,1-5H3,(H,28,31)(H2,27,29,32)/t18?,21-,22-,25-/m1/s1. The molecule has 1 aromatic carbocycles. The number of rotatable bonds is 11. The van der Waals surface area contributed by atoms with Crippen molar-refractivity contribution in [1.29, 1.82) is 0 Å². The van der Waals surface area contributed by atoms with Gasteiger partial charge in [-0.15, -0.1) is 0 Å². The third kappa shape index (κ3) is 7.13. The zero-order chi connectivity index (χ0) is 25.5. The van der Waals surface area contributed by atoms with Gasteiger partial charge in [0.25, 0.3) is 5.91 Å². The number of nitrogens with one attached hydrogen (secondary N) is 1. The fourth-order valence-corrected chi connectivity index (χ4v) is 4.22. The topological polar surface area (TPSA) is 118 Å². The number of aryl methyl sites for hydroxylation is 1. The summed E-state index contributed by atoms with van der Waals surface area (Å²) in [6.07, 6.45) is 1.77. The maximum absolute atomic E-state index is 12.9. The Hall–Kier alpha value is -2.75. The van der Waals surface area contributed by atoms with Crippen LogP contribution in [0.2, 0.25) is 0 Å². The molecular weight excluding hydrogens is 448 g/mol. The second-order valence-corrected chi connectivity index (χ2v) is 9.53. The van der Waals surface area contributed by atoms with E-state index in [9.17, 15) is 9.59 Å². The highest BCUT2D eigenvalue weighted by atomic mass is 16.6. The number of nitrogens with two attached hydrogens (primary N) is 1. The Balaban J connectivity index is 1.73. The maximum Gasteiger partial charge on any atom is 0.351 e. The summed E-state index contributed by atoms with van der Waals surface area (Å²) >= 11 is 0. The highest BCUT2D eigenvalue weighted by molar-refractivity contribution is 5.97. The molecule has 0 spiro atoms. The number of nitrogen functional groups attached to an aromatic ring is 1. The molecule has 0 saturated carbocycles. The number of hydrogen-bond donors (Lipinski definition) is 2. The van der Waals surface area contributed by atoms with Crippen LogP contribution in [0.25, 0.3) is 0 Å². The van der Waals surface area contributed by atoms with Crippen molar-refractivity contribution in [2.45, 2.75) is 78.1 Å². The predicted molar refractivity (Wildman–Crippen MR) is 134 cm³/mol. The average molecular weight is 487 g/mol. The number of amides is 1. The van der Waals surface area contributed by atoms with Gasteiger partial charge in [-0.3, -0.25) is 9.36 Å². The summed E-state index contributed by atoms with van der Waals surface area (Å²) in [7, 11) is 0. The molecule has 1 unspecified atom stereocenters. The van der Waals surface area contributed by atoms with Crippen molar-refractivity contribution in [1.82, 2.24) is 14.9 Å². The first-order valence-electron chi connectivity index (χ1n) is 12.3. The second-order valence-electron chi connectivity index (χ2n) is 9.53. The molecule has 3 N–H and O–H groups in total. The molecule has 4 atom stereocenters. The second kappa shape index (κ2) is 12.3. The Labute approximate surface area is 207 Å². The third-order valence-electron chi connectivity index (χ3n) is 5.94. The lowest BCUT2D eigenvalue weighted by atomic mass is 10.0. The van der Waals surface area contributed by atoms with Gasteiger partial charge in [-0.2, -0.15) is 4.98 Å². The molecule has 1 aliphatic heterocycles. The minimum Gasteiger partial charge on any atom is -0.383 e. The minimum atomic E-state index is -0.662. The highest BCUT2D eigenvalue weighted by Crippen LogP contribution is 2.36. The van der Waals surface area contributed by atoms with Crippen molar-refractivity contribution in [3.8, 4) is 0 Å². The molecule has 1 amide bonds. The van der Waals surface area contributed by atoms with Gasteiger partial charge in [0.2, 0.25) is 0 Å². The van der Waals surface area contributed by atoms with E-state index in [1.54, 1.807) is 0 Å². The number of ether oxygens (including phenoxy) is 3. The van der Waals surface area contributed by atoms with Crippen LogP contribution < -0.4 is 16.7 Å². The first-order chi connectivity index (χ1) is 16.7. The van der Waals surface area contributed by atoms with Gasteiger partial charge in [0, 0.05) is 18.7 Å². The van der Waals surface area contributed by atoms with Crippen molar-refractivity contribution in [3.63, 3.8) is 0 Å². The van der Waals surface area contributed by atoms with E-state index in [4.69, 9.17) is 19.9 Å². The van der Waals surface area contributed by atoms with Crippen LogP contribution in [0.5, 0.6) is 0 Å². The molecule has 9 heteroatoms. The van der Waals surface area contributed by atoms with E-state index in [0.29, 0.717) is 13.2 Å². The number of nitrogens with zero attached hydrogens (tertiary/aromatic N) is 2. The summed E-state index contributed by atoms with van der Waals surface area (Å²) in [4.78, 5) is 29.5. The van der Waals surface area contributed by atoms with Gasteiger partial charge in [-0.1, -0.05) is 37.3 Å². The fraction of sp³-hybridized carbons (Fsp3) is 0.577. The number of carbonyl (C=O) groups is 1. The number of carbonyl (C=O) groups excluding carboxylic acids is 1. The Kier molecular flexibility index (Phi) is 9.42. The van der Waals surface area contributed by atoms with Gasteiger partial charge in [0.15, 0.2) is 0 Å². The van der Waals surface area contributed by atoms with Crippen LogP contribution in [-0.2, 0) is 20.6 Å². The smallest absolute Gasteiger partial charge is 0.351 e. The van der Waals surface area contributed by atoms with Gasteiger partial charge in [0.1, 0.15) is 18.1 Å². The van der Waals surface area contributed by atoms with Crippen LogP contribution in [0.1, 0.15) is 63.2 Å². The predicted octanol–water partition coefficient (Wildman–Crippen LogP) is 2.94. The average Bonchev–Trinajstić information content (AvgIpc) is 3.10. The molecular formula is C26H38N4O5. The Morgan fingerprint density at radius 2 is 1.91 bits per heavy atom. The lowest BCUT2D eigenvalue weighted by Crippen LogP contribution is -2.36. The van der Waals surface area contributed by atoms with Gasteiger partial charge in [-0.05, 0) is 46.1 Å². The summed E-state index contributed by atoms with van der Waals surface area (Å²) in [5.74, 6) is -0.660. The molecule has 3 rings (SSSR count). The lowest BCUT2D eigenvalue weighted by molar-refractivity contribution is -0.0966. The zero-order valence-corrected chi connectivity index (χ0v) is 21.3. The molecule has 1 saturated heterocycles. The molecule has 2 heterocycles. The first-order valence-corrected chi connectivity index (χ1v) is 12.3. The number of anilines is 1. The number of hydrogen-bond acceptors (Lipinski definition) is 7. The van der Waals surface area contributed by atoms with E-state index in [0.717, 1.165) is 12.8 Å². The minimum absolute atomic E-state index is 0.0233. The first kappa shape index (κ1) is 26.8. The van der Waals surface area contributed by atoms with Crippen LogP contribution in [0.15, 0.2) is 41.3 Å². The van der Waals surface area contributed by atoms with Crippen molar-refractivity contribution < 1.29 is 19.0 Å². The molecule has 1 aromatic heterocycles. The molecule has 9 nitrogen and oxygen atoms in total. The number of benzene rings is 1. The molecule has 1 aliphatic rings. The molecule has 0 aliphatic carbocycles. The molecule has 1 fully saturated rings. The Morgan fingerprint density at radius 3 is 2.57 bits per heavy atom. The van der Waals surface area contributed by atoms with Crippen LogP contribution in [0, 0.1) is 5.92 Å². The van der Waals surface area contributed by atoms with E-state index < -0.39 is 11.9 Å². The molecule has 2 aromatic rings. The van der Waals surface area contributed by atoms with Gasteiger partial charge in [-0.25, -0.2) is 4.79 Å². The number of aromatic nitrogens is 2. The van der Waals surface area contributed by atoms with Gasteiger partial charge in [0.05, 0.1) is 30.5 Å². The molecule has 0 radical (unpaired) electrons. The van der Waals surface area contributed by atoms with Crippen molar-refractivity contribution in [3.05, 3.63) is 58.1 Å². The SMILES string of the molecule is CC(C)OC[C@H]1O[C@@H](n2cc(C(=O)NCCCc3ccccc3)c(N)nc2=O)C(C)[C@H]1OC(C)C. The van der Waals surface area contributed by atoms with Gasteiger partial charge < -0.3 is 25.3 Å². The summed E-state index contributed by atoms with van der Waals surface area (Å²) in [6.45, 7) is 10.6. The lowest BCUT2D eigenvalue weighted by Gasteiger charge is -2.24. The van der Waals surface area contributed by atoms with Crippen molar-refractivity contribution in [2.24, 2.45) is 5.92 Å². The summed E-state index contributed by atoms with van der Waals surface area (Å²) < 4.78 is 19.5. The fourth-order valence-electron chi connectivity index (χ4n) is 4.22. The molecule has 192 valence electrons. The molecule has 0 bridgehead atoms. The third-order valence-corrected chi connectivity index (χ3v) is 5.94. The van der Waals surface area contributed by atoms with Gasteiger partial charge >= 0.3 is 5.69 Å². The van der Waals surface area contributed by atoms with Crippen molar-refractivity contribution >= 4 is 11.7 Å². The summed E-state index contributed by atoms with van der Waals surface area (Å²) in [5.41, 5.74) is 6.72. The van der Waals surface area contributed by atoms with Crippen LogP contribution in [0.4, 0.5) is 5.82 Å². The van der Waals surface area contributed by atoms with Crippen LogP contribution in [0.3, 0.4) is 0 Å². The molecule has 35 heavy (non-hydrogen) atoms. The van der Waals surface area contributed by atoms with E-state index >= 15 is 0 Å². The van der Waals surface area contributed by atoms with E-state index in [1.165, 1.54) is 16.3 Å². The van der Waals surface area contributed by atoms with Crippen LogP contribution >= 0.6 is 0 Å². The largest absolute Gasteiger partial charge is 0.383 e. The van der Waals surface area contributed by atoms with Crippen molar-refractivity contribution in [2.75, 3.05) is 18.9 Å². The Morgan fingerprint density at radius 1 is 1.20 bits per heavy atom. The van der Waals surface area contributed by atoms with E-state index in [2.05, 4.69) is 22.4 Å². The summed E-state index contributed by atoms with van der Waals surface area (Å²) in [5, 5.41) is 2.88. The Bertz CT molecular complexity index is 1020. The highest BCUT2D eigenvalue weighted by Gasteiger charge is 2.45. The zero-order valence-electron chi connectivity index (χ0n) is 21.3. The van der Waals surface area contributed by atoms with E-state index in [-0.39, 0.29) is 47.6 Å². The quantitative estimate of drug-likeness (QED) is 0.469. The van der Waals surface area contributed by atoms with Crippen LogP contribution in [-0.4, -0.2) is 53.0 Å². The normalized spacial score (nSPS) is 22.1. The summed E-state index contributed by atoms with van der Waals surface area (Å²) in [6, 6.07) is 10.1.